The summed E-state index contributed by atoms with van der Waals surface area (Å²) < 4.78 is 0. The second-order valence-corrected chi connectivity index (χ2v) is 2.45. The highest BCUT2D eigenvalue weighted by Gasteiger charge is 2.10. The average molecular weight is 167 g/mol. The number of anilines is 1. The normalized spacial score (nSPS) is 9.83. The van der Waals surface area contributed by atoms with Gasteiger partial charge in [-0.25, -0.2) is 14.8 Å². The Balaban J connectivity index is 3.31. The SMILES string of the molecule is Cc1nc(C(=O)O)nc(N)c1C. The van der Waals surface area contributed by atoms with Gasteiger partial charge in [0.2, 0.25) is 5.82 Å². The van der Waals surface area contributed by atoms with Crippen LogP contribution in [0.5, 0.6) is 0 Å². The van der Waals surface area contributed by atoms with Crippen LogP contribution in [0.1, 0.15) is 21.9 Å². The van der Waals surface area contributed by atoms with Gasteiger partial charge in [-0.05, 0) is 13.8 Å². The van der Waals surface area contributed by atoms with E-state index in [1.54, 1.807) is 13.8 Å². The van der Waals surface area contributed by atoms with Crippen molar-refractivity contribution in [1.29, 1.82) is 0 Å². The second kappa shape index (κ2) is 2.77. The van der Waals surface area contributed by atoms with Crippen molar-refractivity contribution >= 4 is 11.8 Å². The van der Waals surface area contributed by atoms with Crippen molar-refractivity contribution in [3.05, 3.63) is 17.1 Å². The molecular weight excluding hydrogens is 158 g/mol. The number of hydrogen-bond donors (Lipinski definition) is 2. The second-order valence-electron chi connectivity index (χ2n) is 2.45. The molecule has 0 atom stereocenters. The molecule has 1 aromatic heterocycles. The van der Waals surface area contributed by atoms with Gasteiger partial charge in [-0.15, -0.1) is 0 Å². The summed E-state index contributed by atoms with van der Waals surface area (Å²) in [5.41, 5.74) is 6.76. The fraction of sp³-hybridized carbons (Fsp3) is 0.286. The third-order valence-electron chi connectivity index (χ3n) is 1.62. The van der Waals surface area contributed by atoms with Crippen LogP contribution in [0.2, 0.25) is 0 Å². The first kappa shape index (κ1) is 8.45. The highest BCUT2D eigenvalue weighted by atomic mass is 16.4. The molecule has 0 aliphatic rings. The smallest absolute Gasteiger partial charge is 0.374 e. The molecule has 0 bridgehead atoms. The average Bonchev–Trinajstić information content (AvgIpc) is 1.99. The maximum atomic E-state index is 10.4. The molecular formula is C7H9N3O2. The molecule has 0 fully saturated rings. The maximum Gasteiger partial charge on any atom is 0.374 e. The zero-order chi connectivity index (χ0) is 9.30. The van der Waals surface area contributed by atoms with Crippen LogP contribution in [-0.2, 0) is 0 Å². The number of carboxylic acids is 1. The fourth-order valence-electron chi connectivity index (χ4n) is 0.747. The van der Waals surface area contributed by atoms with E-state index in [1.807, 2.05) is 0 Å². The predicted molar refractivity (Wildman–Crippen MR) is 42.9 cm³/mol. The molecule has 5 heteroatoms. The lowest BCUT2D eigenvalue weighted by molar-refractivity contribution is 0.0683. The van der Waals surface area contributed by atoms with Crippen LogP contribution in [0.3, 0.4) is 0 Å². The third kappa shape index (κ3) is 1.34. The first-order valence-corrected chi connectivity index (χ1v) is 3.36. The number of rotatable bonds is 1. The van der Waals surface area contributed by atoms with E-state index in [1.165, 1.54) is 0 Å². The van der Waals surface area contributed by atoms with Gasteiger partial charge >= 0.3 is 5.97 Å². The van der Waals surface area contributed by atoms with Crippen molar-refractivity contribution in [1.82, 2.24) is 9.97 Å². The van der Waals surface area contributed by atoms with Gasteiger partial charge in [-0.3, -0.25) is 0 Å². The highest BCUT2D eigenvalue weighted by molar-refractivity contribution is 5.83. The van der Waals surface area contributed by atoms with Crippen LogP contribution in [-0.4, -0.2) is 21.0 Å². The highest BCUT2D eigenvalue weighted by Crippen LogP contribution is 2.10. The van der Waals surface area contributed by atoms with Gasteiger partial charge in [0, 0.05) is 11.3 Å². The zero-order valence-electron chi connectivity index (χ0n) is 6.83. The molecule has 1 heterocycles. The number of carboxylic acid groups (broad SMARTS) is 1. The van der Waals surface area contributed by atoms with E-state index in [0.29, 0.717) is 5.69 Å². The molecule has 0 saturated carbocycles. The van der Waals surface area contributed by atoms with Gasteiger partial charge in [0.1, 0.15) is 5.82 Å². The number of aromatic nitrogens is 2. The number of aryl methyl sites for hydroxylation is 1. The molecule has 0 aromatic carbocycles. The van der Waals surface area contributed by atoms with Crippen LogP contribution in [0, 0.1) is 13.8 Å². The first-order valence-electron chi connectivity index (χ1n) is 3.36. The van der Waals surface area contributed by atoms with Crippen LogP contribution < -0.4 is 5.73 Å². The summed E-state index contributed by atoms with van der Waals surface area (Å²) in [4.78, 5) is 17.8. The van der Waals surface area contributed by atoms with E-state index in [0.717, 1.165) is 5.56 Å². The Morgan fingerprint density at radius 3 is 2.42 bits per heavy atom. The quantitative estimate of drug-likeness (QED) is 0.630. The van der Waals surface area contributed by atoms with E-state index >= 15 is 0 Å². The van der Waals surface area contributed by atoms with Gasteiger partial charge < -0.3 is 10.8 Å². The number of carbonyl (C=O) groups is 1. The molecule has 0 aliphatic carbocycles. The molecule has 0 spiro atoms. The monoisotopic (exact) mass is 167 g/mol. The lowest BCUT2D eigenvalue weighted by Crippen LogP contribution is -2.09. The summed E-state index contributed by atoms with van der Waals surface area (Å²) in [6.45, 7) is 3.44. The number of nitrogens with zero attached hydrogens (tertiary/aromatic N) is 2. The molecule has 0 saturated heterocycles. The summed E-state index contributed by atoms with van der Waals surface area (Å²) in [5, 5.41) is 8.54. The lowest BCUT2D eigenvalue weighted by atomic mass is 10.2. The molecule has 0 unspecified atom stereocenters. The summed E-state index contributed by atoms with van der Waals surface area (Å²) in [6.07, 6.45) is 0. The van der Waals surface area contributed by atoms with E-state index in [2.05, 4.69) is 9.97 Å². The Morgan fingerprint density at radius 2 is 2.00 bits per heavy atom. The zero-order valence-corrected chi connectivity index (χ0v) is 6.83. The van der Waals surface area contributed by atoms with Crippen molar-refractivity contribution in [3.8, 4) is 0 Å². The molecule has 1 aromatic rings. The molecule has 5 nitrogen and oxygen atoms in total. The predicted octanol–water partition coefficient (Wildman–Crippen LogP) is 0.374. The molecule has 64 valence electrons. The topological polar surface area (TPSA) is 89.1 Å². The third-order valence-corrected chi connectivity index (χ3v) is 1.62. The Labute approximate surface area is 69.3 Å². The van der Waals surface area contributed by atoms with E-state index in [4.69, 9.17) is 10.8 Å². The van der Waals surface area contributed by atoms with Crippen molar-refractivity contribution in [2.24, 2.45) is 0 Å². The van der Waals surface area contributed by atoms with Crippen LogP contribution in [0.4, 0.5) is 5.82 Å². The number of nitrogen functional groups attached to an aromatic ring is 1. The minimum atomic E-state index is -1.16. The van der Waals surface area contributed by atoms with E-state index in [-0.39, 0.29) is 11.6 Å². The largest absolute Gasteiger partial charge is 0.475 e. The molecule has 0 amide bonds. The van der Waals surface area contributed by atoms with Gasteiger partial charge in [0.05, 0.1) is 0 Å². The fourth-order valence-corrected chi connectivity index (χ4v) is 0.747. The van der Waals surface area contributed by atoms with E-state index in [9.17, 15) is 4.79 Å². The standard InChI is InChI=1S/C7H9N3O2/c1-3-4(2)9-6(7(11)12)10-5(3)8/h1-2H3,(H,11,12)(H2,8,9,10). The van der Waals surface area contributed by atoms with E-state index < -0.39 is 5.97 Å². The van der Waals surface area contributed by atoms with Crippen LogP contribution >= 0.6 is 0 Å². The van der Waals surface area contributed by atoms with Crippen molar-refractivity contribution in [2.75, 3.05) is 5.73 Å². The van der Waals surface area contributed by atoms with Crippen molar-refractivity contribution < 1.29 is 9.90 Å². The van der Waals surface area contributed by atoms with Gasteiger partial charge in [0.25, 0.3) is 0 Å². The Hall–Kier alpha value is -1.65. The number of nitrogens with two attached hydrogens (primary N) is 1. The lowest BCUT2D eigenvalue weighted by Gasteiger charge is -2.02. The Morgan fingerprint density at radius 1 is 1.42 bits per heavy atom. The molecule has 12 heavy (non-hydrogen) atoms. The molecule has 0 aliphatic heterocycles. The summed E-state index contributed by atoms with van der Waals surface area (Å²) in [7, 11) is 0. The first-order chi connectivity index (χ1) is 5.52. The Kier molecular flexibility index (Phi) is 1.95. The van der Waals surface area contributed by atoms with Crippen LogP contribution in [0.15, 0.2) is 0 Å². The van der Waals surface area contributed by atoms with Gasteiger partial charge in [-0.2, -0.15) is 0 Å². The van der Waals surface area contributed by atoms with Crippen LogP contribution in [0.25, 0.3) is 0 Å². The van der Waals surface area contributed by atoms with Crippen molar-refractivity contribution in [3.63, 3.8) is 0 Å². The maximum absolute atomic E-state index is 10.4. The summed E-state index contributed by atoms with van der Waals surface area (Å²) in [5.74, 6) is -1.19. The number of aromatic carboxylic acids is 1. The van der Waals surface area contributed by atoms with Gasteiger partial charge in [-0.1, -0.05) is 0 Å². The van der Waals surface area contributed by atoms with Crippen molar-refractivity contribution in [2.45, 2.75) is 13.8 Å². The molecule has 3 N–H and O–H groups in total. The molecule has 1 rings (SSSR count). The summed E-state index contributed by atoms with van der Waals surface area (Å²) in [6, 6.07) is 0. The minimum Gasteiger partial charge on any atom is -0.475 e. The summed E-state index contributed by atoms with van der Waals surface area (Å²) >= 11 is 0. The Bertz CT molecular complexity index is 312. The molecule has 0 radical (unpaired) electrons. The minimum absolute atomic E-state index is 0.222. The van der Waals surface area contributed by atoms with Gasteiger partial charge in [0.15, 0.2) is 0 Å². The number of hydrogen-bond acceptors (Lipinski definition) is 4.